The zero-order chi connectivity index (χ0) is 16.7. The van der Waals surface area contributed by atoms with E-state index in [1.54, 1.807) is 12.1 Å². The highest BCUT2D eigenvalue weighted by atomic mass is 16.5. The van der Waals surface area contributed by atoms with Crippen LogP contribution in [0.2, 0.25) is 0 Å². The lowest BCUT2D eigenvalue weighted by atomic mass is 9.73. The van der Waals surface area contributed by atoms with Crippen LogP contribution >= 0.6 is 0 Å². The molecule has 1 fully saturated rings. The van der Waals surface area contributed by atoms with Crippen molar-refractivity contribution in [3.63, 3.8) is 0 Å². The molecule has 1 saturated heterocycles. The van der Waals surface area contributed by atoms with Crippen molar-refractivity contribution in [3.05, 3.63) is 65.2 Å². The number of carbonyl (C=O) groups is 2. The largest absolute Gasteiger partial charge is 0.465 e. The topological polar surface area (TPSA) is 67.4 Å². The number of rotatable bonds is 2. The molecule has 4 rings (SSSR count). The summed E-state index contributed by atoms with van der Waals surface area (Å²) >= 11 is 0. The molecule has 2 aromatic rings. The lowest BCUT2D eigenvalue weighted by Gasteiger charge is -2.29. The molecule has 0 aliphatic carbocycles. The van der Waals surface area contributed by atoms with Gasteiger partial charge in [0.05, 0.1) is 24.1 Å². The van der Waals surface area contributed by atoms with Crippen LogP contribution in [-0.4, -0.2) is 25.5 Å². The number of fused-ring (bicyclic) bond motifs is 2. The molecule has 1 spiro atoms. The van der Waals surface area contributed by atoms with Gasteiger partial charge in [-0.3, -0.25) is 4.79 Å². The summed E-state index contributed by atoms with van der Waals surface area (Å²) in [6, 6.07) is 15.0. The number of esters is 1. The van der Waals surface area contributed by atoms with Crippen LogP contribution in [0.1, 0.15) is 33.9 Å². The van der Waals surface area contributed by atoms with Gasteiger partial charge in [0.25, 0.3) is 0 Å². The Morgan fingerprint density at radius 3 is 2.67 bits per heavy atom. The Bertz CT molecular complexity index is 816. The van der Waals surface area contributed by atoms with E-state index in [4.69, 9.17) is 4.74 Å². The van der Waals surface area contributed by atoms with Crippen LogP contribution in [0.5, 0.6) is 0 Å². The lowest BCUT2D eigenvalue weighted by Crippen LogP contribution is -2.39. The minimum absolute atomic E-state index is 0.0377. The first-order valence-corrected chi connectivity index (χ1v) is 7.99. The second-order valence-electron chi connectivity index (χ2n) is 6.22. The number of carbonyl (C=O) groups excluding carboxylic acids is 2. The lowest BCUT2D eigenvalue weighted by molar-refractivity contribution is -0.121. The van der Waals surface area contributed by atoms with Crippen molar-refractivity contribution < 1.29 is 14.3 Å². The highest BCUT2D eigenvalue weighted by Gasteiger charge is 2.55. The van der Waals surface area contributed by atoms with Crippen molar-refractivity contribution in [2.75, 3.05) is 19.0 Å². The van der Waals surface area contributed by atoms with E-state index in [1.165, 1.54) is 7.11 Å². The highest BCUT2D eigenvalue weighted by Crippen LogP contribution is 2.50. The van der Waals surface area contributed by atoms with Crippen molar-refractivity contribution in [2.24, 2.45) is 0 Å². The summed E-state index contributed by atoms with van der Waals surface area (Å²) < 4.78 is 4.74. The van der Waals surface area contributed by atoms with Crippen LogP contribution in [0.15, 0.2) is 48.5 Å². The number of anilines is 1. The third-order valence-electron chi connectivity index (χ3n) is 5.09. The Hall–Kier alpha value is -2.66. The normalized spacial score (nSPS) is 24.7. The predicted octanol–water partition coefficient (Wildman–Crippen LogP) is 2.40. The van der Waals surface area contributed by atoms with E-state index in [2.05, 4.69) is 10.6 Å². The summed E-state index contributed by atoms with van der Waals surface area (Å²) in [4.78, 5) is 24.4. The maximum Gasteiger partial charge on any atom is 0.337 e. The summed E-state index contributed by atoms with van der Waals surface area (Å²) in [7, 11) is 1.36. The van der Waals surface area contributed by atoms with Gasteiger partial charge in [0, 0.05) is 5.69 Å². The number of ether oxygens (including phenoxy) is 1. The van der Waals surface area contributed by atoms with Gasteiger partial charge in [0.15, 0.2) is 0 Å². The summed E-state index contributed by atoms with van der Waals surface area (Å²) in [6.07, 6.45) is 0.749. The van der Waals surface area contributed by atoms with E-state index in [1.807, 2.05) is 36.4 Å². The number of nitrogens with one attached hydrogen (secondary N) is 2. The molecule has 0 aromatic heterocycles. The molecule has 2 aliphatic heterocycles. The van der Waals surface area contributed by atoms with Crippen molar-refractivity contribution >= 4 is 17.6 Å². The zero-order valence-corrected chi connectivity index (χ0v) is 13.3. The van der Waals surface area contributed by atoms with Crippen molar-refractivity contribution in [1.29, 1.82) is 0 Å². The Kier molecular flexibility index (Phi) is 3.39. The van der Waals surface area contributed by atoms with Crippen LogP contribution in [0.4, 0.5) is 5.69 Å². The van der Waals surface area contributed by atoms with Gasteiger partial charge in [-0.05, 0) is 42.3 Å². The van der Waals surface area contributed by atoms with Gasteiger partial charge in [-0.15, -0.1) is 0 Å². The Morgan fingerprint density at radius 1 is 1.17 bits per heavy atom. The minimum atomic E-state index is -0.594. The minimum Gasteiger partial charge on any atom is -0.465 e. The molecule has 2 aromatic carbocycles. The fourth-order valence-electron chi connectivity index (χ4n) is 3.94. The van der Waals surface area contributed by atoms with Crippen LogP contribution in [0, 0.1) is 0 Å². The van der Waals surface area contributed by atoms with Gasteiger partial charge in [0.1, 0.15) is 0 Å². The number of benzene rings is 2. The maximum atomic E-state index is 12.8. The van der Waals surface area contributed by atoms with Crippen LogP contribution in [0.3, 0.4) is 0 Å². The van der Waals surface area contributed by atoms with E-state index in [-0.39, 0.29) is 17.9 Å². The number of amides is 1. The van der Waals surface area contributed by atoms with Crippen molar-refractivity contribution in [2.45, 2.75) is 17.9 Å². The Labute approximate surface area is 140 Å². The van der Waals surface area contributed by atoms with Gasteiger partial charge in [0.2, 0.25) is 5.91 Å². The van der Waals surface area contributed by atoms with E-state index < -0.39 is 5.41 Å². The molecule has 0 unspecified atom stereocenters. The molecule has 2 N–H and O–H groups in total. The van der Waals surface area contributed by atoms with Crippen LogP contribution < -0.4 is 10.6 Å². The highest BCUT2D eigenvalue weighted by molar-refractivity contribution is 6.07. The second kappa shape index (κ2) is 5.46. The Morgan fingerprint density at radius 2 is 1.92 bits per heavy atom. The van der Waals surface area contributed by atoms with Gasteiger partial charge in [-0.2, -0.15) is 0 Å². The summed E-state index contributed by atoms with van der Waals surface area (Å²) in [5, 5.41) is 6.48. The first kappa shape index (κ1) is 14.9. The summed E-state index contributed by atoms with van der Waals surface area (Å²) in [5.41, 5.74) is 2.84. The predicted molar refractivity (Wildman–Crippen MR) is 89.9 cm³/mol. The number of hydrogen-bond donors (Lipinski definition) is 2. The number of methoxy groups -OCH3 is 1. The zero-order valence-electron chi connectivity index (χ0n) is 13.3. The third kappa shape index (κ3) is 1.98. The number of hydrogen-bond acceptors (Lipinski definition) is 4. The molecule has 2 aliphatic rings. The Balaban J connectivity index is 1.76. The molecule has 5 heteroatoms. The third-order valence-corrected chi connectivity index (χ3v) is 5.09. The van der Waals surface area contributed by atoms with Crippen molar-refractivity contribution in [3.8, 4) is 0 Å². The quantitative estimate of drug-likeness (QED) is 0.833. The van der Waals surface area contributed by atoms with Gasteiger partial charge < -0.3 is 15.4 Å². The molecule has 24 heavy (non-hydrogen) atoms. The van der Waals surface area contributed by atoms with Gasteiger partial charge >= 0.3 is 5.97 Å². The maximum absolute atomic E-state index is 12.8. The molecular formula is C19H18N2O3. The first-order valence-electron chi connectivity index (χ1n) is 7.99. The molecule has 122 valence electrons. The molecule has 0 radical (unpaired) electrons. The van der Waals surface area contributed by atoms with E-state index >= 15 is 0 Å². The summed E-state index contributed by atoms with van der Waals surface area (Å²) in [5.74, 6) is -0.324. The number of para-hydroxylation sites is 1. The summed E-state index contributed by atoms with van der Waals surface area (Å²) in [6.45, 7) is 0.769. The van der Waals surface area contributed by atoms with Gasteiger partial charge in [-0.1, -0.05) is 30.3 Å². The van der Waals surface area contributed by atoms with Gasteiger partial charge in [-0.25, -0.2) is 4.79 Å². The molecule has 0 saturated carbocycles. The molecule has 0 bridgehead atoms. The smallest absolute Gasteiger partial charge is 0.337 e. The van der Waals surface area contributed by atoms with E-state index in [0.717, 1.165) is 29.8 Å². The fourth-order valence-corrected chi connectivity index (χ4v) is 3.94. The average molecular weight is 322 g/mol. The average Bonchev–Trinajstić information content (AvgIpc) is 3.18. The van der Waals surface area contributed by atoms with Crippen LogP contribution in [0.25, 0.3) is 0 Å². The molecular weight excluding hydrogens is 304 g/mol. The molecule has 2 atom stereocenters. The molecule has 2 heterocycles. The van der Waals surface area contributed by atoms with E-state index in [9.17, 15) is 9.59 Å². The van der Waals surface area contributed by atoms with Crippen LogP contribution in [-0.2, 0) is 14.9 Å². The monoisotopic (exact) mass is 322 g/mol. The molecule has 5 nitrogen and oxygen atoms in total. The van der Waals surface area contributed by atoms with E-state index in [0.29, 0.717) is 5.56 Å². The second-order valence-corrected chi connectivity index (χ2v) is 6.22. The fraction of sp³-hybridized carbons (Fsp3) is 0.263. The van der Waals surface area contributed by atoms with Crippen molar-refractivity contribution in [1.82, 2.24) is 5.32 Å². The standard InChI is InChI=1S/C19H18N2O3/c1-24-17(22)13-8-6-12(7-9-13)16-19(10-11-20-16)14-4-2-3-5-15(14)21-18(19)23/h2-9,16,20H,10-11H2,1H3,(H,21,23)/t16-,19+/m0/s1. The first-order chi connectivity index (χ1) is 11.7. The SMILES string of the molecule is COC(=O)c1ccc([C@@H]2NCC[C@]23C(=O)Nc2ccccc23)cc1. The molecule has 1 amide bonds.